The van der Waals surface area contributed by atoms with Crippen molar-refractivity contribution in [2.75, 3.05) is 31.1 Å². The molecule has 2 aromatic carbocycles. The van der Waals surface area contributed by atoms with Crippen LogP contribution in [0.5, 0.6) is 0 Å². The van der Waals surface area contributed by atoms with Crippen LogP contribution in [0.2, 0.25) is 0 Å². The number of carbonyl (C=O) groups is 1. The Labute approximate surface area is 194 Å². The van der Waals surface area contributed by atoms with Gasteiger partial charge in [0.05, 0.1) is 0 Å². The predicted octanol–water partition coefficient (Wildman–Crippen LogP) is 4.95. The molecule has 0 saturated carbocycles. The van der Waals surface area contributed by atoms with Gasteiger partial charge in [-0.2, -0.15) is 5.21 Å². The zero-order valence-electron chi connectivity index (χ0n) is 20.0. The number of nitrogens with zero attached hydrogens (tertiary/aromatic N) is 4. The number of aryl methyl sites for hydroxylation is 4. The van der Waals surface area contributed by atoms with Gasteiger partial charge in [-0.1, -0.05) is 12.1 Å². The van der Waals surface area contributed by atoms with Crippen LogP contribution < -0.4 is 10.2 Å². The number of hydrogen-bond donors (Lipinski definition) is 2. The summed E-state index contributed by atoms with van der Waals surface area (Å²) in [6.07, 6.45) is 0. The summed E-state index contributed by atoms with van der Waals surface area (Å²) in [5.41, 5.74) is 9.03. The van der Waals surface area contributed by atoms with Crippen LogP contribution in [0.3, 0.4) is 0 Å². The second kappa shape index (κ2) is 9.70. The highest BCUT2D eigenvalue weighted by molar-refractivity contribution is 5.79. The molecule has 1 aliphatic heterocycles. The van der Waals surface area contributed by atoms with Crippen LogP contribution >= 0.6 is 0 Å². The summed E-state index contributed by atoms with van der Waals surface area (Å²) in [7, 11) is 0. The lowest BCUT2D eigenvalue weighted by atomic mass is 9.93. The van der Waals surface area contributed by atoms with Gasteiger partial charge >= 0.3 is 18.2 Å². The first-order valence-corrected chi connectivity index (χ1v) is 10.9. The first-order valence-electron chi connectivity index (χ1n) is 10.9. The maximum Gasteiger partial charge on any atom is 0.388 e. The fourth-order valence-corrected chi connectivity index (χ4v) is 4.90. The Morgan fingerprint density at radius 2 is 1.55 bits per heavy atom. The average molecular weight is 449 g/mol. The highest BCUT2D eigenvalue weighted by Gasteiger charge is 2.27. The van der Waals surface area contributed by atoms with Crippen LogP contribution in [0.25, 0.3) is 10.0 Å². The van der Waals surface area contributed by atoms with Gasteiger partial charge in [0.25, 0.3) is 0 Å². The smallest absolute Gasteiger partial charge is 0.388 e. The molecular weight excluding hydrogens is 418 g/mol. The number of benzene rings is 2. The van der Waals surface area contributed by atoms with Gasteiger partial charge in [0.1, 0.15) is 11.1 Å². The minimum Gasteiger partial charge on any atom is -0.498 e. The summed E-state index contributed by atoms with van der Waals surface area (Å²) in [6.45, 7) is 14.2. The van der Waals surface area contributed by atoms with Gasteiger partial charge in [-0.15, -0.1) is 0 Å². The van der Waals surface area contributed by atoms with E-state index in [4.69, 9.17) is 0 Å². The number of hydrogen-bond acceptors (Lipinski definition) is 4. The van der Waals surface area contributed by atoms with Crippen LogP contribution in [-0.2, 0) is 0 Å². The van der Waals surface area contributed by atoms with E-state index in [-0.39, 0.29) is 6.03 Å². The van der Waals surface area contributed by atoms with Crippen molar-refractivity contribution in [3.63, 3.8) is 0 Å². The lowest BCUT2D eigenvalue weighted by Crippen LogP contribution is -2.36. The minimum atomic E-state index is -0.0707. The van der Waals surface area contributed by atoms with E-state index in [1.54, 1.807) is 4.90 Å². The van der Waals surface area contributed by atoms with Crippen LogP contribution in [-0.4, -0.2) is 42.3 Å². The van der Waals surface area contributed by atoms with Crippen molar-refractivity contribution in [1.82, 2.24) is 10.2 Å². The zero-order chi connectivity index (χ0) is 24.3. The molecular formula is C25H30N5O3+. The molecule has 1 fully saturated rings. The monoisotopic (exact) mass is 448 g/mol. The summed E-state index contributed by atoms with van der Waals surface area (Å²) in [5, 5.41) is 29.1. The van der Waals surface area contributed by atoms with Crippen LogP contribution in [0, 0.1) is 58.9 Å². The van der Waals surface area contributed by atoms with E-state index in [0.29, 0.717) is 31.7 Å². The van der Waals surface area contributed by atoms with Crippen molar-refractivity contribution in [1.29, 1.82) is 0 Å². The Morgan fingerprint density at radius 1 is 1.00 bits per heavy atom. The molecule has 2 N–H and O–H groups in total. The quantitative estimate of drug-likeness (QED) is 0.634. The highest BCUT2D eigenvalue weighted by atomic mass is 16.4. The number of rotatable bonds is 5. The van der Waals surface area contributed by atoms with E-state index in [2.05, 4.69) is 32.4 Å². The molecule has 1 aliphatic rings. The van der Waals surface area contributed by atoms with E-state index >= 15 is 0 Å². The van der Waals surface area contributed by atoms with Crippen molar-refractivity contribution in [2.24, 2.45) is 0 Å². The maximum absolute atomic E-state index is 12.2. The van der Waals surface area contributed by atoms with Gasteiger partial charge in [-0.3, -0.25) is 0 Å². The van der Waals surface area contributed by atoms with E-state index < -0.39 is 0 Å². The highest BCUT2D eigenvalue weighted by Crippen LogP contribution is 2.39. The second-order valence-electron chi connectivity index (χ2n) is 8.50. The number of anilines is 2. The Balaban J connectivity index is 2.25. The predicted molar refractivity (Wildman–Crippen MR) is 131 cm³/mol. The molecule has 2 amide bonds. The molecule has 0 radical (unpaired) electrons. The molecule has 0 bridgehead atoms. The van der Waals surface area contributed by atoms with Crippen molar-refractivity contribution >= 4 is 17.4 Å². The summed E-state index contributed by atoms with van der Waals surface area (Å²) in [6, 6.07) is 9.29. The molecule has 0 unspecified atom stereocenters. The first-order chi connectivity index (χ1) is 15.7. The van der Waals surface area contributed by atoms with Crippen molar-refractivity contribution in [2.45, 2.75) is 41.5 Å². The zero-order valence-corrected chi connectivity index (χ0v) is 20.0. The number of nitrogens with one attached hydrogen (secondary N) is 1. The van der Waals surface area contributed by atoms with E-state index in [1.165, 1.54) is 0 Å². The Kier molecular flexibility index (Phi) is 6.98. The fourth-order valence-electron chi connectivity index (χ4n) is 4.90. The molecule has 8 nitrogen and oxygen atoms in total. The van der Waals surface area contributed by atoms with Gasteiger partial charge in [0.2, 0.25) is 5.01 Å². The van der Waals surface area contributed by atoms with Crippen molar-refractivity contribution in [3.05, 3.63) is 71.9 Å². The van der Waals surface area contributed by atoms with Crippen LogP contribution in [0.1, 0.15) is 44.5 Å². The number of amides is 2. The summed E-state index contributed by atoms with van der Waals surface area (Å²) in [5.74, 6) is 0. The molecule has 2 aromatic rings. The molecule has 0 aliphatic carbocycles. The largest absolute Gasteiger partial charge is 0.498 e. The summed E-state index contributed by atoms with van der Waals surface area (Å²) < 4.78 is 0. The molecule has 1 heterocycles. The molecule has 1 saturated heterocycles. The molecule has 0 aromatic heterocycles. The van der Waals surface area contributed by atoms with Gasteiger partial charge in [0.15, 0.2) is 0 Å². The van der Waals surface area contributed by atoms with Gasteiger partial charge in [-0.25, -0.2) is 4.79 Å². The van der Waals surface area contributed by atoms with E-state index in [9.17, 15) is 15.2 Å². The molecule has 33 heavy (non-hydrogen) atoms. The van der Waals surface area contributed by atoms with Gasteiger partial charge in [-0.05, 0) is 74.9 Å². The van der Waals surface area contributed by atoms with Gasteiger partial charge < -0.3 is 20.3 Å². The number of urea groups is 1. The lowest BCUT2D eigenvalue weighted by Gasteiger charge is -2.33. The van der Waals surface area contributed by atoms with Crippen molar-refractivity contribution in [3.8, 4) is 12.1 Å². The Hall–Kier alpha value is -3.91. The third-order valence-electron chi connectivity index (χ3n) is 6.26. The van der Waals surface area contributed by atoms with Crippen LogP contribution in [0.15, 0.2) is 12.1 Å². The first kappa shape index (κ1) is 23.7. The van der Waals surface area contributed by atoms with E-state index in [1.807, 2.05) is 53.7 Å². The summed E-state index contributed by atoms with van der Waals surface area (Å²) >= 11 is 0. The SMILES string of the molecule is Cc1cc(C)c(N(CCN2CCNC2=O)c2c(C)cc(C)c(C#[N+]O)c2C)c(C)c1C#[N+][O-]. The average Bonchev–Trinajstić information content (AvgIpc) is 3.16. The third kappa shape index (κ3) is 4.51. The Bertz CT molecular complexity index is 1150. The van der Waals surface area contributed by atoms with E-state index in [0.717, 1.165) is 50.3 Å². The van der Waals surface area contributed by atoms with Crippen molar-refractivity contribution < 1.29 is 10.0 Å². The maximum atomic E-state index is 12.2. The van der Waals surface area contributed by atoms with Crippen LogP contribution in [0.4, 0.5) is 16.2 Å². The molecule has 0 atom stereocenters. The molecule has 0 spiro atoms. The molecule has 172 valence electrons. The second-order valence-corrected chi connectivity index (χ2v) is 8.50. The third-order valence-corrected chi connectivity index (χ3v) is 6.26. The summed E-state index contributed by atoms with van der Waals surface area (Å²) in [4.78, 5) is 16.2. The topological polar surface area (TPSA) is 87.6 Å². The minimum absolute atomic E-state index is 0.0707. The molecule has 8 heteroatoms. The lowest BCUT2D eigenvalue weighted by molar-refractivity contribution is 0.218. The fraction of sp³-hybridized carbons (Fsp3) is 0.400. The number of carbonyl (C=O) groups excluding carboxylic acids is 1. The molecule has 3 rings (SSSR count). The van der Waals surface area contributed by atoms with Gasteiger partial charge in [0, 0.05) is 42.6 Å². The normalized spacial score (nSPS) is 12.5. The Morgan fingerprint density at radius 3 is 2.00 bits per heavy atom. The standard InChI is InChI=1S/C25H29N5O3/c1-15-11-17(3)23(19(5)21(15)13-27-32)30(10-9-29-8-7-26-25(29)31)24-18(4)12-16(2)22(14-28-33)20(24)6/h11-12H,7-10H2,1-6H3,(H-,26,31,32)/p+1.